The average Bonchev–Trinajstić information content (AvgIpc) is 2.48. The number of ether oxygens (including phenoxy) is 1. The first-order valence-electron chi connectivity index (χ1n) is 6.96. The number of carbonyl (C=O) groups is 1. The minimum absolute atomic E-state index is 0.271. The average molecular weight is 298 g/mol. The predicted molar refractivity (Wildman–Crippen MR) is 75.2 cm³/mol. The van der Waals surface area contributed by atoms with Crippen molar-refractivity contribution in [2.24, 2.45) is 0 Å². The Hall–Kier alpha value is -1.53. The van der Waals surface area contributed by atoms with E-state index in [0.717, 1.165) is 31.3 Å². The van der Waals surface area contributed by atoms with E-state index >= 15 is 0 Å². The lowest BCUT2D eigenvalue weighted by atomic mass is 10.0. The second-order valence-corrected chi connectivity index (χ2v) is 5.72. The van der Waals surface area contributed by atoms with Crippen molar-refractivity contribution in [1.29, 1.82) is 0 Å². The van der Waals surface area contributed by atoms with Gasteiger partial charge in [-0.2, -0.15) is 0 Å². The first kappa shape index (κ1) is 15.9. The number of benzene rings is 1. The van der Waals surface area contributed by atoms with Crippen molar-refractivity contribution in [2.45, 2.75) is 19.4 Å². The molecule has 6 heteroatoms. The summed E-state index contributed by atoms with van der Waals surface area (Å²) < 4.78 is 31.9. The fourth-order valence-corrected chi connectivity index (χ4v) is 2.34. The number of halogens is 2. The monoisotopic (exact) mass is 298 g/mol. The molecule has 1 aromatic carbocycles. The van der Waals surface area contributed by atoms with Crippen LogP contribution in [0, 0.1) is 11.6 Å². The van der Waals surface area contributed by atoms with E-state index < -0.39 is 17.5 Å². The van der Waals surface area contributed by atoms with Crippen molar-refractivity contribution >= 4 is 5.91 Å². The summed E-state index contributed by atoms with van der Waals surface area (Å²) in [6.07, 6.45) is 0. The molecule has 1 heterocycles. The maximum atomic E-state index is 13.5. The SMILES string of the molecule is CC(C)(CNC(=O)c1cc(F)ccc1F)N1CCOCC1. The molecule has 0 spiro atoms. The van der Waals surface area contributed by atoms with Gasteiger partial charge in [-0.3, -0.25) is 9.69 Å². The van der Waals surface area contributed by atoms with Crippen LogP contribution in [0.1, 0.15) is 24.2 Å². The zero-order valence-electron chi connectivity index (χ0n) is 12.3. The van der Waals surface area contributed by atoms with Crippen LogP contribution in [-0.4, -0.2) is 49.2 Å². The summed E-state index contributed by atoms with van der Waals surface area (Å²) in [5, 5.41) is 2.68. The van der Waals surface area contributed by atoms with E-state index in [9.17, 15) is 13.6 Å². The molecule has 21 heavy (non-hydrogen) atoms. The highest BCUT2D eigenvalue weighted by atomic mass is 19.1. The molecule has 0 bridgehead atoms. The Morgan fingerprint density at radius 2 is 2.00 bits per heavy atom. The Morgan fingerprint density at radius 3 is 2.67 bits per heavy atom. The summed E-state index contributed by atoms with van der Waals surface area (Å²) in [4.78, 5) is 14.2. The number of nitrogens with one attached hydrogen (secondary N) is 1. The van der Waals surface area contributed by atoms with Crippen molar-refractivity contribution < 1.29 is 18.3 Å². The molecule has 0 aliphatic carbocycles. The normalized spacial score (nSPS) is 16.8. The van der Waals surface area contributed by atoms with Crippen LogP contribution in [0.4, 0.5) is 8.78 Å². The molecule has 0 saturated carbocycles. The van der Waals surface area contributed by atoms with Crippen LogP contribution in [0.5, 0.6) is 0 Å². The summed E-state index contributed by atoms with van der Waals surface area (Å²) in [7, 11) is 0. The van der Waals surface area contributed by atoms with Gasteiger partial charge in [0.25, 0.3) is 5.91 Å². The van der Waals surface area contributed by atoms with Crippen molar-refractivity contribution in [2.75, 3.05) is 32.8 Å². The highest BCUT2D eigenvalue weighted by Gasteiger charge is 2.29. The van der Waals surface area contributed by atoms with E-state index in [2.05, 4.69) is 10.2 Å². The highest BCUT2D eigenvalue weighted by Crippen LogP contribution is 2.16. The molecule has 1 fully saturated rings. The Labute approximate surface area is 123 Å². The van der Waals surface area contributed by atoms with Crippen molar-refractivity contribution in [3.05, 3.63) is 35.4 Å². The van der Waals surface area contributed by atoms with Crippen LogP contribution in [0.2, 0.25) is 0 Å². The lowest BCUT2D eigenvalue weighted by Gasteiger charge is -2.40. The van der Waals surface area contributed by atoms with Gasteiger partial charge in [0.15, 0.2) is 0 Å². The number of amides is 1. The van der Waals surface area contributed by atoms with Crippen LogP contribution in [0.3, 0.4) is 0 Å². The Balaban J connectivity index is 1.98. The lowest BCUT2D eigenvalue weighted by Crippen LogP contribution is -2.55. The largest absolute Gasteiger partial charge is 0.379 e. The minimum Gasteiger partial charge on any atom is -0.379 e. The number of nitrogens with zero attached hydrogens (tertiary/aromatic N) is 1. The number of hydrogen-bond donors (Lipinski definition) is 1. The van der Waals surface area contributed by atoms with E-state index in [0.29, 0.717) is 19.8 Å². The van der Waals surface area contributed by atoms with Crippen LogP contribution in [0.25, 0.3) is 0 Å². The molecule has 0 aromatic heterocycles. The van der Waals surface area contributed by atoms with Gasteiger partial charge >= 0.3 is 0 Å². The van der Waals surface area contributed by atoms with E-state index in [1.807, 2.05) is 13.8 Å². The van der Waals surface area contributed by atoms with Crippen molar-refractivity contribution in [3.63, 3.8) is 0 Å². The predicted octanol–water partition coefficient (Wildman–Crippen LogP) is 1.81. The van der Waals surface area contributed by atoms with Crippen molar-refractivity contribution in [3.8, 4) is 0 Å². The Kier molecular flexibility index (Phi) is 4.90. The van der Waals surface area contributed by atoms with Gasteiger partial charge in [-0.25, -0.2) is 8.78 Å². The molecule has 2 rings (SSSR count). The molecule has 1 aromatic rings. The Morgan fingerprint density at radius 1 is 1.33 bits per heavy atom. The van der Waals surface area contributed by atoms with Crippen LogP contribution in [-0.2, 0) is 4.74 Å². The fourth-order valence-electron chi connectivity index (χ4n) is 2.34. The third-order valence-electron chi connectivity index (χ3n) is 3.72. The molecule has 1 N–H and O–H groups in total. The van der Waals surface area contributed by atoms with E-state index in [4.69, 9.17) is 4.74 Å². The van der Waals surface area contributed by atoms with E-state index in [-0.39, 0.29) is 11.1 Å². The van der Waals surface area contributed by atoms with Gasteiger partial charge in [-0.05, 0) is 32.0 Å². The smallest absolute Gasteiger partial charge is 0.254 e. The molecule has 0 unspecified atom stereocenters. The third kappa shape index (κ3) is 3.98. The van der Waals surface area contributed by atoms with Gasteiger partial charge in [0.05, 0.1) is 18.8 Å². The topological polar surface area (TPSA) is 41.6 Å². The summed E-state index contributed by atoms with van der Waals surface area (Å²) in [6.45, 7) is 7.25. The number of hydrogen-bond acceptors (Lipinski definition) is 3. The van der Waals surface area contributed by atoms with Crippen LogP contribution < -0.4 is 5.32 Å². The van der Waals surface area contributed by atoms with Gasteiger partial charge < -0.3 is 10.1 Å². The first-order valence-corrected chi connectivity index (χ1v) is 6.96. The Bertz CT molecular complexity index is 514. The molecular weight excluding hydrogens is 278 g/mol. The standard InChI is InChI=1S/C15H20F2N2O2/c1-15(2,19-5-7-21-8-6-19)10-18-14(20)12-9-11(16)3-4-13(12)17/h3-4,9H,5-8,10H2,1-2H3,(H,18,20). The molecule has 1 amide bonds. The van der Waals surface area contributed by atoms with Gasteiger partial charge in [-0.1, -0.05) is 0 Å². The molecule has 0 atom stereocenters. The van der Waals surface area contributed by atoms with E-state index in [1.54, 1.807) is 0 Å². The second kappa shape index (κ2) is 6.49. The summed E-state index contributed by atoms with van der Waals surface area (Å²) in [5.74, 6) is -1.96. The lowest BCUT2D eigenvalue weighted by molar-refractivity contribution is -0.00924. The molecule has 4 nitrogen and oxygen atoms in total. The zero-order valence-corrected chi connectivity index (χ0v) is 12.3. The number of carbonyl (C=O) groups excluding carboxylic acids is 1. The van der Waals surface area contributed by atoms with Crippen molar-refractivity contribution in [1.82, 2.24) is 10.2 Å². The number of morpholine rings is 1. The van der Waals surface area contributed by atoms with E-state index in [1.165, 1.54) is 0 Å². The molecule has 1 saturated heterocycles. The summed E-state index contributed by atoms with van der Waals surface area (Å²) >= 11 is 0. The molecule has 1 aliphatic heterocycles. The maximum Gasteiger partial charge on any atom is 0.254 e. The number of rotatable bonds is 4. The first-order chi connectivity index (χ1) is 9.90. The van der Waals surface area contributed by atoms with Gasteiger partial charge in [0.2, 0.25) is 0 Å². The second-order valence-electron chi connectivity index (χ2n) is 5.72. The third-order valence-corrected chi connectivity index (χ3v) is 3.72. The molecule has 0 radical (unpaired) electrons. The van der Waals surface area contributed by atoms with Gasteiger partial charge in [0, 0.05) is 25.2 Å². The van der Waals surface area contributed by atoms with Crippen LogP contribution in [0.15, 0.2) is 18.2 Å². The van der Waals surface area contributed by atoms with Gasteiger partial charge in [0.1, 0.15) is 11.6 Å². The maximum absolute atomic E-state index is 13.5. The fraction of sp³-hybridized carbons (Fsp3) is 0.533. The van der Waals surface area contributed by atoms with Crippen LogP contribution >= 0.6 is 0 Å². The molecule has 116 valence electrons. The molecular formula is C15H20F2N2O2. The molecule has 1 aliphatic rings. The zero-order chi connectivity index (χ0) is 15.5. The minimum atomic E-state index is -0.724. The highest BCUT2D eigenvalue weighted by molar-refractivity contribution is 5.94. The summed E-state index contributed by atoms with van der Waals surface area (Å²) in [6, 6.07) is 2.85. The van der Waals surface area contributed by atoms with Gasteiger partial charge in [-0.15, -0.1) is 0 Å². The quantitative estimate of drug-likeness (QED) is 0.921. The summed E-state index contributed by atoms with van der Waals surface area (Å²) in [5.41, 5.74) is -0.545.